The number of carbonyl (C=O) groups is 2. The maximum atomic E-state index is 11.8. The standard InChI is InChI=1S/C11H14N6O5S3.Na/c12-25(21,22)2-1-6(24-11-13-15-16-14-11)5-4-23-8-3-7(18)17(8)9(5)10(19)20;/h6,8H,1-4H2,(H,19,20)(H2,12,21,22)(H,13,14,15,16);/q;+1/p-1/t6?,8-;/m0./s1. The number of nitrogens with one attached hydrogen (secondary N) is 1. The molecule has 1 amide bonds. The van der Waals surface area contributed by atoms with Crippen LogP contribution in [0.4, 0.5) is 0 Å². The van der Waals surface area contributed by atoms with Crippen LogP contribution in [0.5, 0.6) is 0 Å². The number of thioether (sulfide) groups is 2. The van der Waals surface area contributed by atoms with Crippen LogP contribution in [0, 0.1) is 0 Å². The van der Waals surface area contributed by atoms with Crippen LogP contribution >= 0.6 is 23.5 Å². The molecule has 0 aliphatic carbocycles. The molecule has 0 bridgehead atoms. The average molecular weight is 428 g/mol. The fourth-order valence-corrected chi connectivity index (χ4v) is 5.75. The summed E-state index contributed by atoms with van der Waals surface area (Å²) in [6.07, 6.45) is 0.311. The van der Waals surface area contributed by atoms with Gasteiger partial charge in [-0.1, -0.05) is 11.8 Å². The third kappa shape index (κ3) is 4.79. The summed E-state index contributed by atoms with van der Waals surface area (Å²) >= 11 is 2.47. The number of primary sulfonamides is 1. The fraction of sp³-hybridized carbons (Fsp3) is 0.545. The second-order valence-electron chi connectivity index (χ2n) is 5.35. The number of nitrogens with two attached hydrogens (primary N) is 1. The number of aromatic amines is 1. The Bertz CT molecular complexity index is 829. The van der Waals surface area contributed by atoms with Crippen molar-refractivity contribution in [2.24, 2.45) is 5.14 Å². The van der Waals surface area contributed by atoms with Crippen molar-refractivity contribution in [2.45, 2.75) is 28.6 Å². The monoisotopic (exact) mass is 428 g/mol. The van der Waals surface area contributed by atoms with E-state index in [-0.39, 0.29) is 70.3 Å². The number of rotatable bonds is 7. The molecule has 0 aromatic carbocycles. The number of H-pyrrole nitrogens is 1. The summed E-state index contributed by atoms with van der Waals surface area (Å²) in [6, 6.07) is 0. The molecule has 0 saturated carbocycles. The summed E-state index contributed by atoms with van der Waals surface area (Å²) in [5, 5.41) is 29.4. The minimum atomic E-state index is -3.75. The molecule has 136 valence electrons. The molecule has 1 aromatic heterocycles. The summed E-state index contributed by atoms with van der Waals surface area (Å²) in [7, 11) is -3.75. The first-order chi connectivity index (χ1) is 11.8. The van der Waals surface area contributed by atoms with Crippen LogP contribution in [0.1, 0.15) is 12.8 Å². The Balaban J connectivity index is 0.00000243. The molecule has 0 radical (unpaired) electrons. The van der Waals surface area contributed by atoms with Crippen molar-refractivity contribution < 1.29 is 52.7 Å². The molecule has 3 N–H and O–H groups in total. The Kier molecular flexibility index (Phi) is 7.15. The third-order valence-electron chi connectivity index (χ3n) is 3.70. The second-order valence-corrected chi connectivity index (χ2v) is 9.42. The van der Waals surface area contributed by atoms with E-state index in [4.69, 9.17) is 5.14 Å². The van der Waals surface area contributed by atoms with Gasteiger partial charge in [0.25, 0.3) is 0 Å². The molecule has 1 aromatic rings. The molecule has 2 aliphatic heterocycles. The Hall–Kier alpha value is -0.640. The van der Waals surface area contributed by atoms with Crippen molar-refractivity contribution in [2.75, 3.05) is 11.5 Å². The molecule has 3 rings (SSSR count). The number of sulfonamides is 1. The first-order valence-electron chi connectivity index (χ1n) is 7.05. The summed E-state index contributed by atoms with van der Waals surface area (Å²) in [4.78, 5) is 24.6. The Labute approximate surface area is 179 Å². The van der Waals surface area contributed by atoms with Crippen molar-refractivity contribution in [3.8, 4) is 0 Å². The second kappa shape index (κ2) is 8.58. The summed E-state index contributed by atoms with van der Waals surface area (Å²) < 4.78 is 22.6. The molecule has 1 unspecified atom stereocenters. The number of β-lactam (4-membered cyclic amide) rings is 1. The smallest absolute Gasteiger partial charge is 0.543 e. The van der Waals surface area contributed by atoms with Gasteiger partial charge in [0.1, 0.15) is 0 Å². The Morgan fingerprint density at radius 3 is 2.81 bits per heavy atom. The van der Waals surface area contributed by atoms with Gasteiger partial charge in [0.2, 0.25) is 21.1 Å². The van der Waals surface area contributed by atoms with Crippen LogP contribution in [0.15, 0.2) is 16.4 Å². The molecule has 15 heteroatoms. The normalized spacial score (nSPS) is 20.9. The van der Waals surface area contributed by atoms with Crippen LogP contribution < -0.4 is 39.8 Å². The van der Waals surface area contributed by atoms with Crippen LogP contribution in [-0.2, 0) is 19.6 Å². The molecule has 11 nitrogen and oxygen atoms in total. The number of amides is 1. The average Bonchev–Trinajstić information content (AvgIpc) is 3.02. The van der Waals surface area contributed by atoms with E-state index in [0.717, 1.165) is 11.8 Å². The number of carboxylic acids is 1. The quantitative estimate of drug-likeness (QED) is 0.242. The van der Waals surface area contributed by atoms with Gasteiger partial charge in [-0.2, -0.15) is 5.21 Å². The Morgan fingerprint density at radius 1 is 1.54 bits per heavy atom. The molecule has 26 heavy (non-hydrogen) atoms. The number of nitrogens with zero attached hydrogens (tertiary/aromatic N) is 4. The molecular weight excluding hydrogens is 415 g/mol. The van der Waals surface area contributed by atoms with Crippen molar-refractivity contribution in [3.63, 3.8) is 0 Å². The summed E-state index contributed by atoms with van der Waals surface area (Å²) in [5.74, 6) is -1.79. The van der Waals surface area contributed by atoms with Crippen molar-refractivity contribution in [3.05, 3.63) is 11.3 Å². The van der Waals surface area contributed by atoms with Gasteiger partial charge in [0.05, 0.1) is 29.2 Å². The number of hydrogen-bond acceptors (Lipinski definition) is 10. The zero-order chi connectivity index (χ0) is 18.2. The minimum absolute atomic E-state index is 0. The fourth-order valence-electron chi connectivity index (χ4n) is 2.58. The van der Waals surface area contributed by atoms with E-state index in [2.05, 4.69) is 20.6 Å². The summed E-state index contributed by atoms with van der Waals surface area (Å²) in [5.41, 5.74) is 0.197. The van der Waals surface area contributed by atoms with Gasteiger partial charge in [-0.05, 0) is 17.2 Å². The van der Waals surface area contributed by atoms with Gasteiger partial charge in [-0.25, -0.2) is 13.6 Å². The van der Waals surface area contributed by atoms with Gasteiger partial charge in [-0.15, -0.1) is 22.0 Å². The van der Waals surface area contributed by atoms with E-state index < -0.39 is 21.2 Å². The molecule has 2 atom stereocenters. The molecule has 1 saturated heterocycles. The van der Waals surface area contributed by atoms with E-state index in [1.54, 1.807) is 0 Å². The van der Waals surface area contributed by atoms with Gasteiger partial charge in [0.15, 0.2) is 0 Å². The number of aliphatic carboxylic acids is 1. The van der Waals surface area contributed by atoms with E-state index in [0.29, 0.717) is 11.3 Å². The van der Waals surface area contributed by atoms with Crippen molar-refractivity contribution in [1.82, 2.24) is 25.5 Å². The van der Waals surface area contributed by atoms with Crippen LogP contribution in [0.2, 0.25) is 0 Å². The predicted octanol–water partition coefficient (Wildman–Crippen LogP) is -5.35. The number of aromatic nitrogens is 4. The van der Waals surface area contributed by atoms with Gasteiger partial charge < -0.3 is 9.90 Å². The zero-order valence-electron chi connectivity index (χ0n) is 13.6. The third-order valence-corrected chi connectivity index (χ3v) is 6.94. The van der Waals surface area contributed by atoms with Gasteiger partial charge >= 0.3 is 29.6 Å². The zero-order valence-corrected chi connectivity index (χ0v) is 18.1. The number of tetrazole rings is 1. The number of fused-ring (bicyclic) bond motifs is 1. The first-order valence-corrected chi connectivity index (χ1v) is 10.7. The van der Waals surface area contributed by atoms with Gasteiger partial charge in [0, 0.05) is 11.0 Å². The molecular formula is C11H13N6NaO5S3. The van der Waals surface area contributed by atoms with Crippen LogP contribution in [-0.4, -0.2) is 67.9 Å². The van der Waals surface area contributed by atoms with Crippen LogP contribution in [0.25, 0.3) is 0 Å². The first kappa shape index (κ1) is 21.7. The largest absolute Gasteiger partial charge is 1.00 e. The summed E-state index contributed by atoms with van der Waals surface area (Å²) in [6.45, 7) is 0. The number of carbonyl (C=O) groups excluding carboxylic acids is 2. The van der Waals surface area contributed by atoms with E-state index >= 15 is 0 Å². The number of hydrogen-bond donors (Lipinski definition) is 2. The van der Waals surface area contributed by atoms with Crippen molar-refractivity contribution >= 4 is 45.4 Å². The molecule has 2 aliphatic rings. The maximum Gasteiger partial charge on any atom is 1.00 e. The SMILES string of the molecule is NS(=O)(=O)CCC(Sc1nn[nH]n1)C1=C(C(=O)[O-])N2C(=O)C[C@@H]2SC1.[Na+]. The molecule has 1 fully saturated rings. The van der Waals surface area contributed by atoms with E-state index in [1.165, 1.54) is 16.7 Å². The van der Waals surface area contributed by atoms with E-state index in [9.17, 15) is 23.1 Å². The predicted molar refractivity (Wildman–Crippen MR) is 86.2 cm³/mol. The van der Waals surface area contributed by atoms with Crippen LogP contribution in [0.3, 0.4) is 0 Å². The Morgan fingerprint density at radius 2 is 2.27 bits per heavy atom. The van der Waals surface area contributed by atoms with Gasteiger partial charge in [-0.3, -0.25) is 9.69 Å². The maximum absolute atomic E-state index is 11.8. The van der Waals surface area contributed by atoms with Crippen molar-refractivity contribution in [1.29, 1.82) is 0 Å². The minimum Gasteiger partial charge on any atom is -0.543 e. The molecule has 3 heterocycles. The molecule has 0 spiro atoms. The van der Waals surface area contributed by atoms with E-state index in [1.807, 2.05) is 0 Å². The topological polar surface area (TPSA) is 175 Å². The number of carboxylic acid groups (broad SMARTS) is 1.